The minimum absolute atomic E-state index is 0.154. The van der Waals surface area contributed by atoms with Crippen LogP contribution in [0.2, 0.25) is 5.15 Å². The van der Waals surface area contributed by atoms with E-state index < -0.39 is 11.2 Å². The van der Waals surface area contributed by atoms with Crippen LogP contribution in [0, 0.1) is 0 Å². The summed E-state index contributed by atoms with van der Waals surface area (Å²) < 4.78 is 5.38. The maximum atomic E-state index is 11.5. The number of hydrogen-bond donors (Lipinski definition) is 3. The summed E-state index contributed by atoms with van der Waals surface area (Å²) in [4.78, 5) is 15.6. The van der Waals surface area contributed by atoms with Crippen LogP contribution in [-0.4, -0.2) is 32.5 Å². The number of H-pyrrole nitrogens is 1. The third-order valence-corrected chi connectivity index (χ3v) is 2.56. The number of halogens is 1. The van der Waals surface area contributed by atoms with Gasteiger partial charge in [0.1, 0.15) is 23.9 Å². The molecule has 3 N–H and O–H groups in total. The van der Waals surface area contributed by atoms with Gasteiger partial charge in [0.25, 0.3) is 5.56 Å². The summed E-state index contributed by atoms with van der Waals surface area (Å²) in [5, 5.41) is 18.4. The molecule has 0 unspecified atom stereocenters. The summed E-state index contributed by atoms with van der Waals surface area (Å²) >= 11 is 5.71. The average Bonchev–Trinajstić information content (AvgIpc) is 2.41. The van der Waals surface area contributed by atoms with Gasteiger partial charge < -0.3 is 15.2 Å². The fourth-order valence-corrected chi connectivity index (χ4v) is 1.56. The minimum Gasteiger partial charge on any atom is -0.489 e. The minimum atomic E-state index is -0.919. The van der Waals surface area contributed by atoms with Gasteiger partial charge in [-0.05, 0) is 26.0 Å². The number of nitrogens with zero attached hydrogens (tertiary/aromatic N) is 2. The highest BCUT2D eigenvalue weighted by Gasteiger charge is 2.13. The van der Waals surface area contributed by atoms with Crippen LogP contribution in [0.1, 0.15) is 13.8 Å². The van der Waals surface area contributed by atoms with Crippen molar-refractivity contribution in [1.29, 1.82) is 0 Å². The zero-order chi connectivity index (χ0) is 15.5. The standard InChI is InChI=1S/C13H15ClN4O3/c1-13(2,20)7-21-8-3-4-11(15-6-8)16-9-5-10(14)17-18-12(9)19/h3-6,20H,7H2,1-2H3,(H,18,19)(H,15,16,17). The highest BCUT2D eigenvalue weighted by atomic mass is 35.5. The van der Waals surface area contributed by atoms with E-state index in [9.17, 15) is 9.90 Å². The highest BCUT2D eigenvalue weighted by Crippen LogP contribution is 2.17. The molecule has 2 aromatic rings. The van der Waals surface area contributed by atoms with Crippen LogP contribution in [0.25, 0.3) is 0 Å². The Labute approximate surface area is 125 Å². The molecule has 0 saturated carbocycles. The fraction of sp³-hybridized carbons (Fsp3) is 0.308. The molecule has 0 saturated heterocycles. The van der Waals surface area contributed by atoms with Gasteiger partial charge in [0.2, 0.25) is 0 Å². The Morgan fingerprint density at radius 1 is 1.48 bits per heavy atom. The van der Waals surface area contributed by atoms with E-state index in [1.54, 1.807) is 26.0 Å². The summed E-state index contributed by atoms with van der Waals surface area (Å²) in [6.07, 6.45) is 1.49. The maximum absolute atomic E-state index is 11.5. The van der Waals surface area contributed by atoms with E-state index in [1.165, 1.54) is 12.3 Å². The topological polar surface area (TPSA) is 100 Å². The molecule has 0 aliphatic carbocycles. The first-order valence-corrected chi connectivity index (χ1v) is 6.55. The molecule has 0 radical (unpaired) electrons. The number of pyridine rings is 1. The zero-order valence-corrected chi connectivity index (χ0v) is 12.3. The summed E-state index contributed by atoms with van der Waals surface area (Å²) in [7, 11) is 0. The zero-order valence-electron chi connectivity index (χ0n) is 11.6. The van der Waals surface area contributed by atoms with E-state index >= 15 is 0 Å². The molecule has 21 heavy (non-hydrogen) atoms. The second-order valence-electron chi connectivity index (χ2n) is 5.04. The molecular weight excluding hydrogens is 296 g/mol. The molecule has 2 aromatic heterocycles. The third kappa shape index (κ3) is 4.73. The number of aromatic amines is 1. The Bertz CT molecular complexity index is 664. The van der Waals surface area contributed by atoms with Crippen LogP contribution in [0.5, 0.6) is 5.75 Å². The van der Waals surface area contributed by atoms with Crippen molar-refractivity contribution in [3.05, 3.63) is 39.9 Å². The van der Waals surface area contributed by atoms with E-state index in [-0.39, 0.29) is 17.4 Å². The molecule has 0 aromatic carbocycles. The van der Waals surface area contributed by atoms with Crippen molar-refractivity contribution in [2.75, 3.05) is 11.9 Å². The number of rotatable bonds is 5. The lowest BCUT2D eigenvalue weighted by atomic mass is 10.2. The second kappa shape index (κ2) is 6.11. The smallest absolute Gasteiger partial charge is 0.287 e. The van der Waals surface area contributed by atoms with Crippen molar-refractivity contribution in [1.82, 2.24) is 15.2 Å². The van der Waals surface area contributed by atoms with E-state index in [4.69, 9.17) is 16.3 Å². The molecule has 112 valence electrons. The van der Waals surface area contributed by atoms with Crippen LogP contribution in [0.3, 0.4) is 0 Å². The van der Waals surface area contributed by atoms with Gasteiger partial charge in [-0.3, -0.25) is 4.79 Å². The first-order chi connectivity index (χ1) is 9.83. The monoisotopic (exact) mass is 310 g/mol. The lowest BCUT2D eigenvalue weighted by Crippen LogP contribution is -2.27. The summed E-state index contributed by atoms with van der Waals surface area (Å²) in [5.41, 5.74) is -1.07. The van der Waals surface area contributed by atoms with Crippen molar-refractivity contribution in [3.63, 3.8) is 0 Å². The Hall–Kier alpha value is -2.12. The Morgan fingerprint density at radius 2 is 2.24 bits per heavy atom. The molecule has 0 atom stereocenters. The normalized spacial score (nSPS) is 11.2. The van der Waals surface area contributed by atoms with Crippen LogP contribution in [0.4, 0.5) is 11.5 Å². The van der Waals surface area contributed by atoms with Gasteiger partial charge in [-0.2, -0.15) is 5.10 Å². The van der Waals surface area contributed by atoms with Gasteiger partial charge in [0, 0.05) is 6.07 Å². The predicted molar refractivity (Wildman–Crippen MR) is 79.2 cm³/mol. The van der Waals surface area contributed by atoms with Crippen molar-refractivity contribution < 1.29 is 9.84 Å². The second-order valence-corrected chi connectivity index (χ2v) is 5.43. The Morgan fingerprint density at radius 3 is 2.86 bits per heavy atom. The van der Waals surface area contributed by atoms with Gasteiger partial charge >= 0.3 is 0 Å². The number of anilines is 2. The van der Waals surface area contributed by atoms with E-state index in [0.29, 0.717) is 11.6 Å². The molecule has 2 heterocycles. The number of ether oxygens (including phenoxy) is 1. The van der Waals surface area contributed by atoms with Gasteiger partial charge in [0.05, 0.1) is 11.8 Å². The number of nitrogens with one attached hydrogen (secondary N) is 2. The first-order valence-electron chi connectivity index (χ1n) is 6.17. The van der Waals surface area contributed by atoms with Gasteiger partial charge in [-0.1, -0.05) is 11.6 Å². The van der Waals surface area contributed by atoms with Crippen molar-refractivity contribution >= 4 is 23.1 Å². The largest absolute Gasteiger partial charge is 0.489 e. The Kier molecular flexibility index (Phi) is 4.44. The van der Waals surface area contributed by atoms with Gasteiger partial charge in [-0.15, -0.1) is 0 Å². The molecule has 0 spiro atoms. The molecular formula is C13H15ClN4O3. The molecule has 0 aliphatic heterocycles. The van der Waals surface area contributed by atoms with Gasteiger partial charge in [0.15, 0.2) is 5.15 Å². The lowest BCUT2D eigenvalue weighted by molar-refractivity contribution is 0.0284. The van der Waals surface area contributed by atoms with Crippen LogP contribution < -0.4 is 15.6 Å². The number of aromatic nitrogens is 3. The van der Waals surface area contributed by atoms with Crippen LogP contribution in [-0.2, 0) is 0 Å². The van der Waals surface area contributed by atoms with E-state index in [1.807, 2.05) is 0 Å². The van der Waals surface area contributed by atoms with Crippen molar-refractivity contribution in [2.24, 2.45) is 0 Å². The fourth-order valence-electron chi connectivity index (χ4n) is 1.41. The highest BCUT2D eigenvalue weighted by molar-refractivity contribution is 6.29. The molecule has 2 rings (SSSR count). The van der Waals surface area contributed by atoms with Gasteiger partial charge in [-0.25, -0.2) is 10.1 Å². The Balaban J connectivity index is 2.06. The number of aliphatic hydroxyl groups is 1. The molecule has 7 nitrogen and oxygen atoms in total. The molecule has 8 heteroatoms. The summed E-state index contributed by atoms with van der Waals surface area (Å²) in [5.74, 6) is 0.975. The first kappa shape index (κ1) is 15.3. The molecule has 0 fully saturated rings. The third-order valence-electron chi connectivity index (χ3n) is 2.36. The maximum Gasteiger partial charge on any atom is 0.287 e. The summed E-state index contributed by atoms with van der Waals surface area (Å²) in [6, 6.07) is 4.73. The lowest BCUT2D eigenvalue weighted by Gasteiger charge is -2.17. The van der Waals surface area contributed by atoms with Crippen LogP contribution in [0.15, 0.2) is 29.2 Å². The van der Waals surface area contributed by atoms with Crippen molar-refractivity contribution in [2.45, 2.75) is 19.4 Å². The average molecular weight is 311 g/mol. The molecule has 0 aliphatic rings. The number of hydrogen-bond acceptors (Lipinski definition) is 6. The molecule has 0 bridgehead atoms. The van der Waals surface area contributed by atoms with Crippen LogP contribution >= 0.6 is 11.6 Å². The SMILES string of the molecule is CC(C)(O)COc1ccc(Nc2cc(Cl)n[nH]c2=O)nc1. The summed E-state index contributed by atoms with van der Waals surface area (Å²) in [6.45, 7) is 3.45. The van der Waals surface area contributed by atoms with Crippen molar-refractivity contribution in [3.8, 4) is 5.75 Å². The quantitative estimate of drug-likeness (QED) is 0.777. The van der Waals surface area contributed by atoms with E-state index in [2.05, 4.69) is 20.5 Å². The predicted octanol–water partition coefficient (Wildman–Crippen LogP) is 1.71. The molecule has 0 amide bonds. The van der Waals surface area contributed by atoms with E-state index in [0.717, 1.165) is 0 Å².